The lowest BCUT2D eigenvalue weighted by Gasteiger charge is -2.20. The zero-order valence-corrected chi connectivity index (χ0v) is 15.8. The van der Waals surface area contributed by atoms with Crippen LogP contribution in [0.5, 0.6) is 11.5 Å². The van der Waals surface area contributed by atoms with Gasteiger partial charge in [0.05, 0.1) is 38.5 Å². The second-order valence-corrected chi connectivity index (χ2v) is 6.38. The van der Waals surface area contributed by atoms with E-state index in [1.54, 1.807) is 38.9 Å². The smallest absolute Gasteiger partial charge is 0.303 e. The molecule has 2 heterocycles. The number of methoxy groups -OCH3 is 2. The summed E-state index contributed by atoms with van der Waals surface area (Å²) in [5.74, 6) is 0.0460. The minimum atomic E-state index is -0.921. The van der Waals surface area contributed by atoms with Crippen molar-refractivity contribution in [3.05, 3.63) is 47.9 Å². The molecule has 0 saturated heterocycles. The third-order valence-corrected chi connectivity index (χ3v) is 4.59. The van der Waals surface area contributed by atoms with Crippen LogP contribution in [0.3, 0.4) is 0 Å². The zero-order chi connectivity index (χ0) is 20.1. The number of aliphatic carboxylic acids is 1. The van der Waals surface area contributed by atoms with Gasteiger partial charge in [-0.15, -0.1) is 0 Å². The predicted octanol–water partition coefficient (Wildman–Crippen LogP) is 3.23. The molecule has 0 aliphatic carbocycles. The summed E-state index contributed by atoms with van der Waals surface area (Å²) in [6.07, 6.45) is 3.99. The number of rotatable bonds is 8. The van der Waals surface area contributed by atoms with Crippen LogP contribution in [0.1, 0.15) is 42.9 Å². The lowest BCUT2D eigenvalue weighted by atomic mass is 10.00. The van der Waals surface area contributed by atoms with Crippen LogP contribution in [0.2, 0.25) is 0 Å². The number of benzene rings is 1. The number of ether oxygens (including phenoxy) is 2. The zero-order valence-electron chi connectivity index (χ0n) is 15.8. The van der Waals surface area contributed by atoms with Crippen LogP contribution in [0, 0.1) is 0 Å². The number of hydrogen-bond donors (Lipinski definition) is 1. The number of carbonyl (C=O) groups is 2. The minimum absolute atomic E-state index is 0.0534. The highest BCUT2D eigenvalue weighted by molar-refractivity contribution is 6.03. The van der Waals surface area contributed by atoms with Gasteiger partial charge in [-0.05, 0) is 30.7 Å². The highest BCUT2D eigenvalue weighted by Crippen LogP contribution is 2.36. The monoisotopic (exact) mass is 386 g/mol. The number of carboxylic acids is 1. The topological polar surface area (TPSA) is 102 Å². The van der Waals surface area contributed by atoms with Crippen molar-refractivity contribution in [3.63, 3.8) is 0 Å². The van der Waals surface area contributed by atoms with Gasteiger partial charge in [-0.2, -0.15) is 5.10 Å². The van der Waals surface area contributed by atoms with Gasteiger partial charge in [0, 0.05) is 30.4 Å². The van der Waals surface area contributed by atoms with Gasteiger partial charge in [0.25, 0.3) is 0 Å². The standard InChI is InChI=1S/C20H22N2O6/c1-26-17-7-6-13(10-18(17)27-2)15-11-16(14-8-9-28-12-14)22(21-15)19(23)4-3-5-20(24)25/h6-10,12,16H,3-5,11H2,1-2H3,(H,24,25). The Hall–Kier alpha value is -3.29. The van der Waals surface area contributed by atoms with Gasteiger partial charge < -0.3 is 19.0 Å². The first-order chi connectivity index (χ1) is 13.5. The number of amides is 1. The first-order valence-corrected chi connectivity index (χ1v) is 8.89. The van der Waals surface area contributed by atoms with E-state index in [2.05, 4.69) is 5.10 Å². The van der Waals surface area contributed by atoms with Crippen molar-refractivity contribution in [3.8, 4) is 11.5 Å². The first kappa shape index (κ1) is 19.5. The van der Waals surface area contributed by atoms with Gasteiger partial charge in [0.2, 0.25) is 5.91 Å². The van der Waals surface area contributed by atoms with Gasteiger partial charge in [0.15, 0.2) is 11.5 Å². The molecule has 1 aliphatic heterocycles. The van der Waals surface area contributed by atoms with Gasteiger partial charge in [-0.1, -0.05) is 0 Å². The molecule has 1 N–H and O–H groups in total. The summed E-state index contributed by atoms with van der Waals surface area (Å²) in [5, 5.41) is 14.8. The maximum atomic E-state index is 12.7. The number of carboxylic acid groups (broad SMARTS) is 1. The van der Waals surface area contributed by atoms with E-state index in [0.717, 1.165) is 16.8 Å². The van der Waals surface area contributed by atoms with Crippen molar-refractivity contribution >= 4 is 17.6 Å². The Balaban J connectivity index is 1.86. The van der Waals surface area contributed by atoms with E-state index in [1.807, 2.05) is 12.1 Å². The van der Waals surface area contributed by atoms with E-state index in [4.69, 9.17) is 19.0 Å². The van der Waals surface area contributed by atoms with Gasteiger partial charge >= 0.3 is 5.97 Å². The molecule has 0 fully saturated rings. The fraction of sp³-hybridized carbons (Fsp3) is 0.350. The summed E-state index contributed by atoms with van der Waals surface area (Å²) < 4.78 is 15.8. The molecule has 1 aromatic carbocycles. The molecule has 0 bridgehead atoms. The lowest BCUT2D eigenvalue weighted by molar-refractivity contribution is -0.137. The molecule has 3 rings (SSSR count). The molecule has 1 aromatic heterocycles. The minimum Gasteiger partial charge on any atom is -0.493 e. The van der Waals surface area contributed by atoms with Crippen LogP contribution >= 0.6 is 0 Å². The fourth-order valence-corrected chi connectivity index (χ4v) is 3.16. The number of carbonyl (C=O) groups excluding carboxylic acids is 1. The Bertz CT molecular complexity index is 875. The number of nitrogens with zero attached hydrogens (tertiary/aromatic N) is 2. The number of hydrogen-bond acceptors (Lipinski definition) is 6. The van der Waals surface area contributed by atoms with Crippen LogP contribution in [-0.4, -0.2) is 41.9 Å². The maximum absolute atomic E-state index is 12.7. The van der Waals surface area contributed by atoms with Crippen LogP contribution in [0.25, 0.3) is 0 Å². The molecule has 1 unspecified atom stereocenters. The van der Waals surface area contributed by atoms with Crippen LogP contribution in [-0.2, 0) is 9.59 Å². The predicted molar refractivity (Wildman–Crippen MR) is 100 cm³/mol. The van der Waals surface area contributed by atoms with Gasteiger partial charge in [-0.3, -0.25) is 9.59 Å². The molecule has 0 spiro atoms. The first-order valence-electron chi connectivity index (χ1n) is 8.89. The van der Waals surface area contributed by atoms with Crippen LogP contribution in [0.15, 0.2) is 46.3 Å². The van der Waals surface area contributed by atoms with Crippen molar-refractivity contribution in [2.75, 3.05) is 14.2 Å². The fourth-order valence-electron chi connectivity index (χ4n) is 3.16. The third-order valence-electron chi connectivity index (χ3n) is 4.59. The van der Waals surface area contributed by atoms with Crippen molar-refractivity contribution < 1.29 is 28.6 Å². The molecule has 1 amide bonds. The van der Waals surface area contributed by atoms with Crippen molar-refractivity contribution in [2.24, 2.45) is 5.10 Å². The molecule has 1 atom stereocenters. The maximum Gasteiger partial charge on any atom is 0.303 e. The molecule has 2 aromatic rings. The summed E-state index contributed by atoms with van der Waals surface area (Å²) in [6.45, 7) is 0. The molecular weight excluding hydrogens is 364 g/mol. The number of furan rings is 1. The average Bonchev–Trinajstić information content (AvgIpc) is 3.36. The quantitative estimate of drug-likeness (QED) is 0.747. The second kappa shape index (κ2) is 8.60. The van der Waals surface area contributed by atoms with Gasteiger partial charge in [0.1, 0.15) is 0 Å². The van der Waals surface area contributed by atoms with E-state index < -0.39 is 5.97 Å². The molecule has 0 saturated carbocycles. The molecule has 148 valence electrons. The molecule has 8 nitrogen and oxygen atoms in total. The van der Waals surface area contributed by atoms with Crippen molar-refractivity contribution in [2.45, 2.75) is 31.7 Å². The average molecular weight is 386 g/mol. The summed E-state index contributed by atoms with van der Waals surface area (Å²) in [5.41, 5.74) is 2.40. The number of hydrazone groups is 1. The van der Waals surface area contributed by atoms with Crippen molar-refractivity contribution in [1.82, 2.24) is 5.01 Å². The lowest BCUT2D eigenvalue weighted by Crippen LogP contribution is -2.26. The van der Waals surface area contributed by atoms with Crippen LogP contribution < -0.4 is 9.47 Å². The summed E-state index contributed by atoms with van der Waals surface area (Å²) in [6, 6.07) is 6.99. The summed E-state index contributed by atoms with van der Waals surface area (Å²) >= 11 is 0. The second-order valence-electron chi connectivity index (χ2n) is 6.38. The van der Waals surface area contributed by atoms with Gasteiger partial charge in [-0.25, -0.2) is 5.01 Å². The van der Waals surface area contributed by atoms with E-state index in [0.29, 0.717) is 17.9 Å². The largest absolute Gasteiger partial charge is 0.493 e. The summed E-state index contributed by atoms with van der Waals surface area (Å²) in [7, 11) is 3.13. The van der Waals surface area contributed by atoms with E-state index in [1.165, 1.54) is 5.01 Å². The molecule has 28 heavy (non-hydrogen) atoms. The van der Waals surface area contributed by atoms with E-state index >= 15 is 0 Å². The summed E-state index contributed by atoms with van der Waals surface area (Å²) in [4.78, 5) is 23.4. The molecule has 0 radical (unpaired) electrons. The van der Waals surface area contributed by atoms with Crippen LogP contribution in [0.4, 0.5) is 0 Å². The van der Waals surface area contributed by atoms with E-state index in [9.17, 15) is 9.59 Å². The Morgan fingerprint density at radius 3 is 2.64 bits per heavy atom. The van der Waals surface area contributed by atoms with Crippen molar-refractivity contribution in [1.29, 1.82) is 0 Å². The Labute approximate surface area is 162 Å². The van der Waals surface area contributed by atoms with E-state index in [-0.39, 0.29) is 31.2 Å². The normalized spacial score (nSPS) is 16.0. The Morgan fingerprint density at radius 1 is 1.21 bits per heavy atom. The molecular formula is C20H22N2O6. The highest BCUT2D eigenvalue weighted by Gasteiger charge is 2.33. The Kier molecular flexibility index (Phi) is 5.98. The molecule has 1 aliphatic rings. The highest BCUT2D eigenvalue weighted by atomic mass is 16.5. The third kappa shape index (κ3) is 4.16. The Morgan fingerprint density at radius 2 is 2.00 bits per heavy atom. The SMILES string of the molecule is COc1ccc(C2=NN(C(=O)CCCC(=O)O)C(c3ccoc3)C2)cc1OC. The molecule has 8 heteroatoms.